The van der Waals surface area contributed by atoms with Gasteiger partial charge in [0.15, 0.2) is 6.10 Å². The van der Waals surface area contributed by atoms with E-state index in [1.165, 1.54) is 0 Å². The molecule has 2 aliphatic heterocycles. The standard InChI is InChI=1S/C21H23NO4/c1-24-17-11-9-16(10-12-17)22-19(18-8-5-13-25-18)20(21(22)23)26-14-15-6-3-2-4-7-15/h2-4,6-7,9-12,18-20H,5,8,13-14H2,1H3/t18-,19+,20-/m1/s1. The smallest absolute Gasteiger partial charge is 0.258 e. The van der Waals surface area contributed by atoms with Crippen molar-refractivity contribution in [1.29, 1.82) is 0 Å². The normalized spacial score (nSPS) is 25.2. The fourth-order valence-corrected chi connectivity index (χ4v) is 3.69. The summed E-state index contributed by atoms with van der Waals surface area (Å²) < 4.78 is 17.1. The molecule has 2 aromatic rings. The Morgan fingerprint density at radius 2 is 1.88 bits per heavy atom. The zero-order valence-electron chi connectivity index (χ0n) is 14.8. The SMILES string of the molecule is COc1ccc(N2C(=O)[C@H](OCc3ccccc3)[C@@H]2[C@H]2CCCO2)cc1. The average molecular weight is 353 g/mol. The Kier molecular flexibility index (Phi) is 4.91. The number of hydrogen-bond acceptors (Lipinski definition) is 4. The van der Waals surface area contributed by atoms with Gasteiger partial charge in [0.05, 0.1) is 25.9 Å². The van der Waals surface area contributed by atoms with Crippen molar-refractivity contribution >= 4 is 11.6 Å². The van der Waals surface area contributed by atoms with Crippen molar-refractivity contribution in [2.45, 2.75) is 37.7 Å². The summed E-state index contributed by atoms with van der Waals surface area (Å²) in [5, 5.41) is 0. The summed E-state index contributed by atoms with van der Waals surface area (Å²) >= 11 is 0. The minimum absolute atomic E-state index is 0.00778. The van der Waals surface area contributed by atoms with E-state index in [2.05, 4.69) is 0 Å². The lowest BCUT2D eigenvalue weighted by Crippen LogP contribution is -2.70. The van der Waals surface area contributed by atoms with Gasteiger partial charge in [0, 0.05) is 12.3 Å². The molecule has 2 fully saturated rings. The molecule has 5 nitrogen and oxygen atoms in total. The quantitative estimate of drug-likeness (QED) is 0.749. The maximum absolute atomic E-state index is 12.8. The van der Waals surface area contributed by atoms with E-state index in [1.54, 1.807) is 7.11 Å². The molecular formula is C21H23NO4. The van der Waals surface area contributed by atoms with Crippen LogP contribution in [-0.4, -0.2) is 37.9 Å². The van der Waals surface area contributed by atoms with Crippen LogP contribution >= 0.6 is 0 Å². The van der Waals surface area contributed by atoms with E-state index in [0.717, 1.165) is 36.4 Å². The van der Waals surface area contributed by atoms with Gasteiger partial charge in [-0.2, -0.15) is 0 Å². The first-order valence-electron chi connectivity index (χ1n) is 9.02. The first-order chi connectivity index (χ1) is 12.8. The summed E-state index contributed by atoms with van der Waals surface area (Å²) in [6.45, 7) is 1.17. The van der Waals surface area contributed by atoms with Crippen molar-refractivity contribution in [3.63, 3.8) is 0 Å². The predicted octanol–water partition coefficient (Wildman–Crippen LogP) is 3.17. The van der Waals surface area contributed by atoms with Crippen LogP contribution in [0, 0.1) is 0 Å². The topological polar surface area (TPSA) is 48.0 Å². The molecule has 0 N–H and O–H groups in total. The van der Waals surface area contributed by atoms with Crippen LogP contribution in [0.4, 0.5) is 5.69 Å². The number of β-lactam (4-membered cyclic amide) rings is 1. The Bertz CT molecular complexity index is 740. The van der Waals surface area contributed by atoms with Crippen LogP contribution in [0.3, 0.4) is 0 Å². The molecule has 2 heterocycles. The molecule has 2 aromatic carbocycles. The van der Waals surface area contributed by atoms with E-state index in [-0.39, 0.29) is 18.1 Å². The Hall–Kier alpha value is -2.37. The van der Waals surface area contributed by atoms with Crippen LogP contribution in [0.2, 0.25) is 0 Å². The Morgan fingerprint density at radius 3 is 2.54 bits per heavy atom. The van der Waals surface area contributed by atoms with Gasteiger partial charge in [-0.25, -0.2) is 0 Å². The maximum atomic E-state index is 12.8. The second-order valence-corrected chi connectivity index (χ2v) is 6.67. The molecule has 1 amide bonds. The van der Waals surface area contributed by atoms with Crippen molar-refractivity contribution in [2.24, 2.45) is 0 Å². The van der Waals surface area contributed by atoms with Gasteiger partial charge in [0.25, 0.3) is 5.91 Å². The van der Waals surface area contributed by atoms with Crippen LogP contribution in [0.15, 0.2) is 54.6 Å². The number of carbonyl (C=O) groups is 1. The van der Waals surface area contributed by atoms with Gasteiger partial charge in [-0.05, 0) is 42.7 Å². The summed E-state index contributed by atoms with van der Waals surface area (Å²) in [6, 6.07) is 17.4. The maximum Gasteiger partial charge on any atom is 0.258 e. The largest absolute Gasteiger partial charge is 0.497 e. The number of rotatable bonds is 6. The Balaban J connectivity index is 1.51. The number of hydrogen-bond donors (Lipinski definition) is 0. The molecule has 0 aromatic heterocycles. The van der Waals surface area contributed by atoms with Crippen LogP contribution < -0.4 is 9.64 Å². The fraction of sp³-hybridized carbons (Fsp3) is 0.381. The van der Waals surface area contributed by atoms with Gasteiger partial charge in [-0.15, -0.1) is 0 Å². The van der Waals surface area contributed by atoms with Gasteiger partial charge in [-0.1, -0.05) is 30.3 Å². The molecule has 2 aliphatic rings. The molecule has 3 atom stereocenters. The molecule has 136 valence electrons. The number of amides is 1. The van der Waals surface area contributed by atoms with E-state index in [1.807, 2.05) is 59.5 Å². The van der Waals surface area contributed by atoms with Gasteiger partial charge >= 0.3 is 0 Å². The summed E-state index contributed by atoms with van der Waals surface area (Å²) in [5.41, 5.74) is 1.92. The van der Waals surface area contributed by atoms with E-state index in [0.29, 0.717) is 6.61 Å². The molecule has 0 aliphatic carbocycles. The third-order valence-corrected chi connectivity index (χ3v) is 5.06. The minimum Gasteiger partial charge on any atom is -0.497 e. The lowest BCUT2D eigenvalue weighted by molar-refractivity contribution is -0.149. The van der Waals surface area contributed by atoms with Crippen molar-refractivity contribution < 1.29 is 19.0 Å². The number of carbonyl (C=O) groups excluding carboxylic acids is 1. The lowest BCUT2D eigenvalue weighted by Gasteiger charge is -2.48. The molecule has 0 unspecified atom stereocenters. The van der Waals surface area contributed by atoms with Gasteiger partial charge in [-0.3, -0.25) is 4.79 Å². The fourth-order valence-electron chi connectivity index (χ4n) is 3.69. The molecule has 4 rings (SSSR count). The Labute approximate surface area is 153 Å². The highest BCUT2D eigenvalue weighted by Crippen LogP contribution is 2.37. The minimum atomic E-state index is -0.458. The molecule has 0 saturated carbocycles. The van der Waals surface area contributed by atoms with Crippen LogP contribution in [0.25, 0.3) is 0 Å². The second kappa shape index (κ2) is 7.48. The monoisotopic (exact) mass is 353 g/mol. The van der Waals surface area contributed by atoms with E-state index in [4.69, 9.17) is 14.2 Å². The van der Waals surface area contributed by atoms with Crippen molar-refractivity contribution in [3.05, 3.63) is 60.2 Å². The number of anilines is 1. The third-order valence-electron chi connectivity index (χ3n) is 5.06. The molecule has 26 heavy (non-hydrogen) atoms. The van der Waals surface area contributed by atoms with Crippen LogP contribution in [0.1, 0.15) is 18.4 Å². The summed E-state index contributed by atoms with van der Waals surface area (Å²) in [4.78, 5) is 14.6. The number of ether oxygens (including phenoxy) is 3. The van der Waals surface area contributed by atoms with Gasteiger partial charge in [0.1, 0.15) is 5.75 Å². The zero-order chi connectivity index (χ0) is 17.9. The first-order valence-corrected chi connectivity index (χ1v) is 9.02. The average Bonchev–Trinajstić information content (AvgIpc) is 3.21. The molecule has 0 bridgehead atoms. The summed E-state index contributed by atoms with van der Waals surface area (Å²) in [5.74, 6) is 0.763. The Morgan fingerprint density at radius 1 is 1.12 bits per heavy atom. The molecular weight excluding hydrogens is 330 g/mol. The van der Waals surface area contributed by atoms with E-state index < -0.39 is 6.10 Å². The molecule has 0 radical (unpaired) electrons. The van der Waals surface area contributed by atoms with Crippen LogP contribution in [0.5, 0.6) is 5.75 Å². The lowest BCUT2D eigenvalue weighted by atomic mass is 9.90. The van der Waals surface area contributed by atoms with Gasteiger partial charge in [0.2, 0.25) is 0 Å². The third kappa shape index (κ3) is 3.20. The first kappa shape index (κ1) is 17.1. The highest BCUT2D eigenvalue weighted by molar-refractivity contribution is 6.05. The number of nitrogens with zero attached hydrogens (tertiary/aromatic N) is 1. The number of methoxy groups -OCH3 is 1. The highest BCUT2D eigenvalue weighted by Gasteiger charge is 2.53. The summed E-state index contributed by atoms with van der Waals surface area (Å²) in [7, 11) is 1.63. The van der Waals surface area contributed by atoms with E-state index in [9.17, 15) is 4.79 Å². The number of benzene rings is 2. The van der Waals surface area contributed by atoms with Crippen molar-refractivity contribution in [3.8, 4) is 5.75 Å². The summed E-state index contributed by atoms with van der Waals surface area (Å²) in [6.07, 6.45) is 1.54. The molecule has 0 spiro atoms. The zero-order valence-corrected chi connectivity index (χ0v) is 14.8. The highest BCUT2D eigenvalue weighted by atomic mass is 16.5. The second-order valence-electron chi connectivity index (χ2n) is 6.67. The molecule has 5 heteroatoms. The molecule has 2 saturated heterocycles. The van der Waals surface area contributed by atoms with Crippen molar-refractivity contribution in [2.75, 3.05) is 18.6 Å². The van der Waals surface area contributed by atoms with E-state index >= 15 is 0 Å². The van der Waals surface area contributed by atoms with Gasteiger partial charge < -0.3 is 19.1 Å². The van der Waals surface area contributed by atoms with Crippen LogP contribution in [-0.2, 0) is 20.9 Å². The predicted molar refractivity (Wildman–Crippen MR) is 98.3 cm³/mol. The van der Waals surface area contributed by atoms with Crippen molar-refractivity contribution in [1.82, 2.24) is 0 Å².